The Hall–Kier alpha value is -0.870. The largest absolute Gasteiger partial charge is 0.352 e. The summed E-state index contributed by atoms with van der Waals surface area (Å²) in [5.74, 6) is 0.135. The highest BCUT2D eigenvalue weighted by molar-refractivity contribution is 9.10. The van der Waals surface area contributed by atoms with E-state index in [1.54, 1.807) is 0 Å². The van der Waals surface area contributed by atoms with E-state index in [1.807, 2.05) is 38.1 Å². The van der Waals surface area contributed by atoms with Gasteiger partial charge in [-0.25, -0.2) is 0 Å². The Balaban J connectivity index is 1.67. The van der Waals surface area contributed by atoms with Gasteiger partial charge in [-0.1, -0.05) is 28.1 Å². The molecule has 1 aromatic rings. The molecule has 2 aliphatic heterocycles. The van der Waals surface area contributed by atoms with Gasteiger partial charge in [0.05, 0.1) is 5.41 Å². The standard InChI is InChI=1S/C17H23BrN2O/c1-17(2,11-3-5-12(18)6-4-11)16(21)20-15-9-13-7-8-14(10-15)19-13/h3-6,13-15,19H,7-10H2,1-2H3,(H,20,21). The topological polar surface area (TPSA) is 41.1 Å². The van der Waals surface area contributed by atoms with Crippen LogP contribution in [0.15, 0.2) is 28.7 Å². The normalized spacial score (nSPS) is 28.4. The first-order valence-electron chi connectivity index (χ1n) is 7.78. The highest BCUT2D eigenvalue weighted by Gasteiger charge is 2.37. The van der Waals surface area contributed by atoms with Crippen molar-refractivity contribution in [3.63, 3.8) is 0 Å². The Morgan fingerprint density at radius 3 is 2.33 bits per heavy atom. The van der Waals surface area contributed by atoms with Crippen molar-refractivity contribution < 1.29 is 4.79 Å². The lowest BCUT2D eigenvalue weighted by Gasteiger charge is -2.33. The molecule has 2 N–H and O–H groups in total. The minimum absolute atomic E-state index is 0.135. The van der Waals surface area contributed by atoms with Crippen LogP contribution >= 0.6 is 15.9 Å². The maximum absolute atomic E-state index is 12.7. The summed E-state index contributed by atoms with van der Waals surface area (Å²) in [6.07, 6.45) is 4.65. The Morgan fingerprint density at radius 2 is 1.76 bits per heavy atom. The van der Waals surface area contributed by atoms with Gasteiger partial charge in [0.1, 0.15) is 0 Å². The van der Waals surface area contributed by atoms with Crippen LogP contribution in [0.5, 0.6) is 0 Å². The lowest BCUT2D eigenvalue weighted by molar-refractivity contribution is -0.126. The van der Waals surface area contributed by atoms with Crippen molar-refractivity contribution in [2.24, 2.45) is 0 Å². The fourth-order valence-electron chi connectivity index (χ4n) is 3.54. The monoisotopic (exact) mass is 350 g/mol. The van der Waals surface area contributed by atoms with Gasteiger partial charge in [-0.15, -0.1) is 0 Å². The number of amides is 1. The second-order valence-corrected chi connectivity index (χ2v) is 7.83. The Morgan fingerprint density at radius 1 is 1.19 bits per heavy atom. The van der Waals surface area contributed by atoms with Gasteiger partial charge in [0, 0.05) is 22.6 Å². The molecule has 21 heavy (non-hydrogen) atoms. The van der Waals surface area contributed by atoms with Crippen molar-refractivity contribution in [1.82, 2.24) is 10.6 Å². The molecule has 2 bridgehead atoms. The summed E-state index contributed by atoms with van der Waals surface area (Å²) in [6, 6.07) is 9.57. The molecule has 2 aliphatic rings. The quantitative estimate of drug-likeness (QED) is 0.879. The van der Waals surface area contributed by atoms with E-state index in [-0.39, 0.29) is 5.91 Å². The zero-order valence-corrected chi connectivity index (χ0v) is 14.2. The number of carbonyl (C=O) groups is 1. The van der Waals surface area contributed by atoms with E-state index in [0.29, 0.717) is 18.1 Å². The average Bonchev–Trinajstić information content (AvgIpc) is 2.78. The number of hydrogen-bond donors (Lipinski definition) is 2. The van der Waals surface area contributed by atoms with Crippen molar-refractivity contribution in [2.75, 3.05) is 0 Å². The highest BCUT2D eigenvalue weighted by atomic mass is 79.9. The fourth-order valence-corrected chi connectivity index (χ4v) is 3.80. The molecule has 0 aromatic heterocycles. The van der Waals surface area contributed by atoms with Crippen LogP contribution in [0, 0.1) is 0 Å². The van der Waals surface area contributed by atoms with Crippen molar-refractivity contribution >= 4 is 21.8 Å². The molecular weight excluding hydrogens is 328 g/mol. The van der Waals surface area contributed by atoms with E-state index in [4.69, 9.17) is 0 Å². The predicted octanol–water partition coefficient (Wildman–Crippen LogP) is 3.13. The Kier molecular flexibility index (Phi) is 4.10. The van der Waals surface area contributed by atoms with Gasteiger partial charge >= 0.3 is 0 Å². The maximum atomic E-state index is 12.7. The molecule has 2 atom stereocenters. The zero-order valence-electron chi connectivity index (χ0n) is 12.7. The molecule has 0 spiro atoms. The van der Waals surface area contributed by atoms with Crippen LogP contribution in [0.2, 0.25) is 0 Å². The van der Waals surface area contributed by atoms with Crippen molar-refractivity contribution in [3.05, 3.63) is 34.3 Å². The van der Waals surface area contributed by atoms with Gasteiger partial charge < -0.3 is 10.6 Å². The van der Waals surface area contributed by atoms with E-state index < -0.39 is 5.41 Å². The minimum Gasteiger partial charge on any atom is -0.352 e. The van der Waals surface area contributed by atoms with E-state index >= 15 is 0 Å². The molecule has 114 valence electrons. The molecule has 2 fully saturated rings. The third-order valence-electron chi connectivity index (χ3n) is 4.94. The summed E-state index contributed by atoms with van der Waals surface area (Å²) >= 11 is 3.44. The second kappa shape index (κ2) is 5.73. The molecule has 0 saturated carbocycles. The van der Waals surface area contributed by atoms with Crippen LogP contribution in [0.4, 0.5) is 0 Å². The number of halogens is 1. The molecule has 0 aliphatic carbocycles. The average molecular weight is 351 g/mol. The summed E-state index contributed by atoms with van der Waals surface area (Å²) < 4.78 is 1.04. The molecule has 1 amide bonds. The molecule has 3 nitrogen and oxygen atoms in total. The number of carbonyl (C=O) groups excluding carboxylic acids is 1. The van der Waals surface area contributed by atoms with Crippen LogP contribution in [-0.4, -0.2) is 24.0 Å². The fraction of sp³-hybridized carbons (Fsp3) is 0.588. The summed E-state index contributed by atoms with van der Waals surface area (Å²) in [7, 11) is 0. The molecule has 2 unspecified atom stereocenters. The summed E-state index contributed by atoms with van der Waals surface area (Å²) in [5, 5.41) is 6.90. The Labute approximate surface area is 135 Å². The second-order valence-electron chi connectivity index (χ2n) is 6.91. The molecule has 2 heterocycles. The lowest BCUT2D eigenvalue weighted by atomic mass is 9.83. The van der Waals surface area contributed by atoms with Crippen molar-refractivity contribution in [2.45, 2.75) is 63.1 Å². The molecule has 4 heteroatoms. The molecule has 3 rings (SSSR count). The van der Waals surface area contributed by atoms with Crippen molar-refractivity contribution in [3.8, 4) is 0 Å². The smallest absolute Gasteiger partial charge is 0.230 e. The van der Waals surface area contributed by atoms with Crippen molar-refractivity contribution in [1.29, 1.82) is 0 Å². The maximum Gasteiger partial charge on any atom is 0.230 e. The zero-order chi connectivity index (χ0) is 15.0. The first kappa shape index (κ1) is 15.0. The van der Waals surface area contributed by atoms with Gasteiger partial charge in [-0.05, 0) is 57.2 Å². The third-order valence-corrected chi connectivity index (χ3v) is 5.47. The van der Waals surface area contributed by atoms with Crippen LogP contribution in [0.25, 0.3) is 0 Å². The number of nitrogens with one attached hydrogen (secondary N) is 2. The summed E-state index contributed by atoms with van der Waals surface area (Å²) in [5.41, 5.74) is 0.560. The summed E-state index contributed by atoms with van der Waals surface area (Å²) in [6.45, 7) is 4.00. The number of benzene rings is 1. The van der Waals surface area contributed by atoms with Gasteiger partial charge in [0.2, 0.25) is 5.91 Å². The van der Waals surface area contributed by atoms with Crippen LogP contribution in [0.1, 0.15) is 45.1 Å². The van der Waals surface area contributed by atoms with Gasteiger partial charge in [-0.2, -0.15) is 0 Å². The summed E-state index contributed by atoms with van der Waals surface area (Å²) in [4.78, 5) is 12.7. The molecule has 0 radical (unpaired) electrons. The number of hydrogen-bond acceptors (Lipinski definition) is 2. The van der Waals surface area contributed by atoms with Gasteiger partial charge in [0.25, 0.3) is 0 Å². The van der Waals surface area contributed by atoms with Gasteiger partial charge in [-0.3, -0.25) is 4.79 Å². The van der Waals surface area contributed by atoms with Gasteiger partial charge in [0.15, 0.2) is 0 Å². The lowest BCUT2D eigenvalue weighted by Crippen LogP contribution is -2.51. The van der Waals surface area contributed by atoms with E-state index in [2.05, 4.69) is 26.6 Å². The van der Waals surface area contributed by atoms with Crippen LogP contribution in [0.3, 0.4) is 0 Å². The first-order valence-corrected chi connectivity index (χ1v) is 8.57. The SMILES string of the molecule is CC(C)(C(=O)NC1CC2CCC(C1)N2)c1ccc(Br)cc1. The predicted molar refractivity (Wildman–Crippen MR) is 88.3 cm³/mol. The minimum atomic E-state index is -0.495. The van der Waals surface area contributed by atoms with E-state index in [9.17, 15) is 4.79 Å². The number of fused-ring (bicyclic) bond motifs is 2. The highest BCUT2D eigenvalue weighted by Crippen LogP contribution is 2.29. The van der Waals surface area contributed by atoms with Crippen LogP contribution in [-0.2, 0) is 10.2 Å². The molecule has 2 saturated heterocycles. The third kappa shape index (κ3) is 3.16. The Bertz CT molecular complexity index is 514. The number of rotatable bonds is 3. The van der Waals surface area contributed by atoms with E-state index in [0.717, 1.165) is 22.9 Å². The van der Waals surface area contributed by atoms with Crippen LogP contribution < -0.4 is 10.6 Å². The first-order chi connectivity index (χ1) is 9.95. The molecular formula is C17H23BrN2O. The number of piperidine rings is 1. The molecule has 1 aromatic carbocycles. The van der Waals surface area contributed by atoms with E-state index in [1.165, 1.54) is 12.8 Å².